The Kier molecular flexibility index (Phi) is 3.86. The quantitative estimate of drug-likeness (QED) is 0.905. The molecule has 0 bridgehead atoms. The zero-order valence-corrected chi connectivity index (χ0v) is 10.9. The van der Waals surface area contributed by atoms with Crippen molar-refractivity contribution in [1.29, 1.82) is 5.26 Å². The maximum Gasteiger partial charge on any atom is 0.131 e. The van der Waals surface area contributed by atoms with Gasteiger partial charge in [0.25, 0.3) is 0 Å². The van der Waals surface area contributed by atoms with Gasteiger partial charge in [-0.1, -0.05) is 19.4 Å². The molecule has 0 aliphatic heterocycles. The average Bonchev–Trinajstić information content (AvgIpc) is 2.83. The minimum Gasteiger partial charge on any atom is -0.387 e. The molecule has 2 nitrogen and oxygen atoms in total. The lowest BCUT2D eigenvalue weighted by molar-refractivity contribution is 0.0608. The van der Waals surface area contributed by atoms with E-state index < -0.39 is 23.2 Å². The van der Waals surface area contributed by atoms with Crippen LogP contribution in [0.25, 0.3) is 0 Å². The highest BCUT2D eigenvalue weighted by molar-refractivity contribution is 5.26. The molecular weight excluding hydrogens is 248 g/mol. The molecule has 0 spiro atoms. The predicted octanol–water partition coefficient (Wildman–Crippen LogP) is 3.72. The molecule has 1 fully saturated rings. The van der Waals surface area contributed by atoms with Crippen molar-refractivity contribution in [2.24, 2.45) is 11.3 Å². The van der Waals surface area contributed by atoms with Crippen molar-refractivity contribution >= 4 is 0 Å². The fourth-order valence-corrected chi connectivity index (χ4v) is 2.96. The molecule has 1 aromatic rings. The minimum absolute atomic E-state index is 0.0136. The van der Waals surface area contributed by atoms with Crippen molar-refractivity contribution in [3.05, 3.63) is 35.4 Å². The van der Waals surface area contributed by atoms with Crippen molar-refractivity contribution < 1.29 is 13.9 Å². The summed E-state index contributed by atoms with van der Waals surface area (Å²) in [5.74, 6) is -1.09. The SMILES string of the molecule is CCC1CCC(C#N)(C(O)c2ccc(F)cc2F)C1. The molecule has 3 atom stereocenters. The fourth-order valence-electron chi connectivity index (χ4n) is 2.96. The molecule has 1 aliphatic rings. The third-order valence-corrected chi connectivity index (χ3v) is 4.23. The highest BCUT2D eigenvalue weighted by Gasteiger charge is 2.46. The molecule has 0 heterocycles. The van der Waals surface area contributed by atoms with Crippen molar-refractivity contribution in [3.63, 3.8) is 0 Å². The summed E-state index contributed by atoms with van der Waals surface area (Å²) in [6.07, 6.45) is 1.74. The summed E-state index contributed by atoms with van der Waals surface area (Å²) >= 11 is 0. The molecule has 0 amide bonds. The van der Waals surface area contributed by atoms with Gasteiger partial charge in [0.15, 0.2) is 0 Å². The van der Waals surface area contributed by atoms with Gasteiger partial charge in [0, 0.05) is 11.6 Å². The van der Waals surface area contributed by atoms with E-state index in [2.05, 4.69) is 6.07 Å². The smallest absolute Gasteiger partial charge is 0.131 e. The van der Waals surface area contributed by atoms with Crippen LogP contribution in [-0.4, -0.2) is 5.11 Å². The molecule has 1 saturated carbocycles. The van der Waals surface area contributed by atoms with Gasteiger partial charge in [0.05, 0.1) is 11.5 Å². The summed E-state index contributed by atoms with van der Waals surface area (Å²) < 4.78 is 26.6. The molecule has 0 saturated heterocycles. The molecule has 4 heteroatoms. The van der Waals surface area contributed by atoms with Crippen molar-refractivity contribution in [1.82, 2.24) is 0 Å². The Bertz CT molecular complexity index is 511. The Labute approximate surface area is 111 Å². The lowest BCUT2D eigenvalue weighted by atomic mass is 9.77. The van der Waals surface area contributed by atoms with Gasteiger partial charge in [-0.2, -0.15) is 5.26 Å². The van der Waals surface area contributed by atoms with Gasteiger partial charge in [0.2, 0.25) is 0 Å². The number of aliphatic hydroxyl groups excluding tert-OH is 1. The molecule has 3 unspecified atom stereocenters. The second-order valence-corrected chi connectivity index (χ2v) is 5.35. The third kappa shape index (κ3) is 2.48. The first-order valence-corrected chi connectivity index (χ1v) is 6.56. The van der Waals surface area contributed by atoms with Gasteiger partial charge in [-0.15, -0.1) is 0 Å². The zero-order valence-electron chi connectivity index (χ0n) is 10.9. The second-order valence-electron chi connectivity index (χ2n) is 5.35. The Morgan fingerprint density at radius 2 is 2.26 bits per heavy atom. The molecule has 1 aliphatic carbocycles. The van der Waals surface area contributed by atoms with Gasteiger partial charge in [-0.05, 0) is 31.2 Å². The Hall–Kier alpha value is -1.47. The lowest BCUT2D eigenvalue weighted by Crippen LogP contribution is -2.25. The van der Waals surface area contributed by atoms with E-state index in [4.69, 9.17) is 0 Å². The molecule has 0 aromatic heterocycles. The van der Waals surface area contributed by atoms with Gasteiger partial charge >= 0.3 is 0 Å². The molecule has 1 N–H and O–H groups in total. The maximum atomic E-state index is 13.7. The number of aliphatic hydroxyl groups is 1. The molecule has 102 valence electrons. The van der Waals surface area contributed by atoms with Gasteiger partial charge in [-0.3, -0.25) is 0 Å². The first-order chi connectivity index (χ1) is 9.02. The number of nitriles is 1. The van der Waals surface area contributed by atoms with Crippen LogP contribution in [0, 0.1) is 34.3 Å². The van der Waals surface area contributed by atoms with E-state index in [0.717, 1.165) is 25.0 Å². The van der Waals surface area contributed by atoms with Crippen LogP contribution in [0.2, 0.25) is 0 Å². The first kappa shape index (κ1) is 14.0. The number of halogens is 2. The van der Waals surface area contributed by atoms with E-state index in [9.17, 15) is 19.1 Å². The molecule has 0 radical (unpaired) electrons. The van der Waals surface area contributed by atoms with Crippen molar-refractivity contribution in [2.45, 2.75) is 38.7 Å². The van der Waals surface area contributed by atoms with Crippen LogP contribution >= 0.6 is 0 Å². The van der Waals surface area contributed by atoms with E-state index in [1.165, 1.54) is 6.07 Å². The fraction of sp³-hybridized carbons (Fsp3) is 0.533. The van der Waals surface area contributed by atoms with E-state index in [1.807, 2.05) is 6.92 Å². The van der Waals surface area contributed by atoms with Gasteiger partial charge in [-0.25, -0.2) is 8.78 Å². The number of benzene rings is 1. The number of hydrogen-bond acceptors (Lipinski definition) is 2. The summed E-state index contributed by atoms with van der Waals surface area (Å²) in [4.78, 5) is 0. The number of rotatable bonds is 3. The molecule has 1 aromatic carbocycles. The predicted molar refractivity (Wildman–Crippen MR) is 67.0 cm³/mol. The monoisotopic (exact) mass is 265 g/mol. The van der Waals surface area contributed by atoms with Crippen LogP contribution in [0.3, 0.4) is 0 Å². The highest BCUT2D eigenvalue weighted by atomic mass is 19.1. The van der Waals surface area contributed by atoms with E-state index >= 15 is 0 Å². The number of hydrogen-bond donors (Lipinski definition) is 1. The normalized spacial score (nSPS) is 28.1. The maximum absolute atomic E-state index is 13.7. The van der Waals surface area contributed by atoms with Crippen LogP contribution in [-0.2, 0) is 0 Å². The molecule has 19 heavy (non-hydrogen) atoms. The summed E-state index contributed by atoms with van der Waals surface area (Å²) in [5.41, 5.74) is -0.931. The molecule has 2 rings (SSSR count). The Morgan fingerprint density at radius 3 is 2.79 bits per heavy atom. The largest absolute Gasteiger partial charge is 0.387 e. The third-order valence-electron chi connectivity index (χ3n) is 4.23. The van der Waals surface area contributed by atoms with Crippen LogP contribution in [0.4, 0.5) is 8.78 Å². The zero-order chi connectivity index (χ0) is 14.0. The topological polar surface area (TPSA) is 44.0 Å². The Morgan fingerprint density at radius 1 is 1.53 bits per heavy atom. The van der Waals surface area contributed by atoms with Crippen LogP contribution < -0.4 is 0 Å². The van der Waals surface area contributed by atoms with Crippen molar-refractivity contribution in [3.8, 4) is 6.07 Å². The van der Waals surface area contributed by atoms with E-state index in [1.54, 1.807) is 0 Å². The summed E-state index contributed by atoms with van der Waals surface area (Å²) in [7, 11) is 0. The Balaban J connectivity index is 2.32. The highest BCUT2D eigenvalue weighted by Crippen LogP contribution is 2.50. The first-order valence-electron chi connectivity index (χ1n) is 6.56. The van der Waals surface area contributed by atoms with Crippen LogP contribution in [0.15, 0.2) is 18.2 Å². The standard InChI is InChI=1S/C15H17F2NO/c1-2-10-5-6-15(8-10,9-18)14(19)12-4-3-11(16)7-13(12)17/h3-4,7,10,14,19H,2,5-6,8H2,1H3. The van der Waals surface area contributed by atoms with E-state index in [-0.39, 0.29) is 5.56 Å². The average molecular weight is 265 g/mol. The van der Waals surface area contributed by atoms with Gasteiger partial charge in [0.1, 0.15) is 17.7 Å². The number of nitrogens with zero attached hydrogens (tertiary/aromatic N) is 1. The van der Waals surface area contributed by atoms with E-state index in [0.29, 0.717) is 18.8 Å². The minimum atomic E-state index is -1.20. The van der Waals surface area contributed by atoms with Crippen LogP contribution in [0.5, 0.6) is 0 Å². The van der Waals surface area contributed by atoms with Crippen LogP contribution in [0.1, 0.15) is 44.3 Å². The van der Waals surface area contributed by atoms with Gasteiger partial charge < -0.3 is 5.11 Å². The summed E-state index contributed by atoms with van der Waals surface area (Å²) in [5, 5.41) is 19.8. The molecular formula is C15H17F2NO. The second kappa shape index (κ2) is 5.26. The summed E-state index contributed by atoms with van der Waals surface area (Å²) in [6, 6.07) is 5.26. The summed E-state index contributed by atoms with van der Waals surface area (Å²) in [6.45, 7) is 2.04. The lowest BCUT2D eigenvalue weighted by Gasteiger charge is -2.28. The van der Waals surface area contributed by atoms with Crippen molar-refractivity contribution in [2.75, 3.05) is 0 Å².